The topological polar surface area (TPSA) is 55.4 Å². The Labute approximate surface area is 145 Å². The summed E-state index contributed by atoms with van der Waals surface area (Å²) in [6.07, 6.45) is 2.38. The van der Waals surface area contributed by atoms with E-state index in [1.54, 1.807) is 0 Å². The summed E-state index contributed by atoms with van der Waals surface area (Å²) in [6.45, 7) is 0. The van der Waals surface area contributed by atoms with Gasteiger partial charge < -0.3 is 10.1 Å². The summed E-state index contributed by atoms with van der Waals surface area (Å²) >= 11 is 3.09. The zero-order valence-electron chi connectivity index (χ0n) is 12.5. The average molecular weight is 396 g/mol. The highest BCUT2D eigenvalue weighted by Crippen LogP contribution is 2.23. The molecule has 2 rings (SSSR count). The molecule has 24 heavy (non-hydrogen) atoms. The summed E-state index contributed by atoms with van der Waals surface area (Å²) in [5.74, 6) is -2.90. The van der Waals surface area contributed by atoms with Gasteiger partial charge in [-0.25, -0.2) is 13.6 Å². The Morgan fingerprint density at radius 3 is 2.58 bits per heavy atom. The van der Waals surface area contributed by atoms with Crippen molar-refractivity contribution in [2.24, 2.45) is 0 Å². The molecule has 1 N–H and O–H groups in total. The first kappa shape index (κ1) is 17.8. The number of ether oxygens (including phenoxy) is 1. The van der Waals surface area contributed by atoms with Gasteiger partial charge in [-0.3, -0.25) is 4.79 Å². The number of benzene rings is 2. The Morgan fingerprint density at radius 2 is 1.92 bits per heavy atom. The number of hydrogen-bond acceptors (Lipinski definition) is 3. The minimum Gasteiger partial charge on any atom is -0.466 e. The van der Waals surface area contributed by atoms with Crippen molar-refractivity contribution in [1.82, 2.24) is 0 Å². The molecule has 124 valence electrons. The standard InChI is InChI=1S/C17H12BrF2NO3/c1-24-15(22)8-5-10-3-2-4-13(19)16(10)21-17(23)12-7-6-11(18)9-14(12)20/h2-9H,1H3,(H,21,23). The Morgan fingerprint density at radius 1 is 1.17 bits per heavy atom. The lowest BCUT2D eigenvalue weighted by atomic mass is 10.1. The van der Waals surface area contributed by atoms with E-state index in [1.165, 1.54) is 37.5 Å². The normalized spacial score (nSPS) is 10.7. The maximum atomic E-state index is 14.0. The van der Waals surface area contributed by atoms with Crippen LogP contribution in [0.3, 0.4) is 0 Å². The summed E-state index contributed by atoms with van der Waals surface area (Å²) in [5.41, 5.74) is -0.152. The Hall–Kier alpha value is -2.54. The molecule has 0 unspecified atom stereocenters. The van der Waals surface area contributed by atoms with Gasteiger partial charge in [0.25, 0.3) is 5.91 Å². The zero-order valence-corrected chi connectivity index (χ0v) is 14.1. The number of hydrogen-bond donors (Lipinski definition) is 1. The predicted octanol–water partition coefficient (Wildman–Crippen LogP) is 4.17. The van der Waals surface area contributed by atoms with E-state index in [-0.39, 0.29) is 16.8 Å². The van der Waals surface area contributed by atoms with Crippen LogP contribution in [-0.2, 0) is 9.53 Å². The van der Waals surface area contributed by atoms with Crippen molar-refractivity contribution < 1.29 is 23.1 Å². The van der Waals surface area contributed by atoms with E-state index in [0.717, 1.165) is 18.2 Å². The fourth-order valence-corrected chi connectivity index (χ4v) is 2.23. The molecular formula is C17H12BrF2NO3. The predicted molar refractivity (Wildman–Crippen MR) is 89.5 cm³/mol. The van der Waals surface area contributed by atoms with E-state index in [1.807, 2.05) is 0 Å². The molecule has 0 saturated heterocycles. The summed E-state index contributed by atoms with van der Waals surface area (Å²) in [6, 6.07) is 7.96. The van der Waals surface area contributed by atoms with Crippen LogP contribution in [0.15, 0.2) is 46.9 Å². The monoisotopic (exact) mass is 395 g/mol. The van der Waals surface area contributed by atoms with Gasteiger partial charge in [0.15, 0.2) is 0 Å². The first-order chi connectivity index (χ1) is 11.4. The van der Waals surface area contributed by atoms with Crippen LogP contribution < -0.4 is 5.32 Å². The van der Waals surface area contributed by atoms with Gasteiger partial charge >= 0.3 is 5.97 Å². The van der Waals surface area contributed by atoms with E-state index in [2.05, 4.69) is 26.0 Å². The number of carbonyl (C=O) groups excluding carboxylic acids is 2. The number of nitrogens with one attached hydrogen (secondary N) is 1. The average Bonchev–Trinajstić information content (AvgIpc) is 2.54. The highest BCUT2D eigenvalue weighted by atomic mass is 79.9. The minimum absolute atomic E-state index is 0.162. The van der Waals surface area contributed by atoms with Crippen LogP contribution >= 0.6 is 15.9 Å². The third kappa shape index (κ3) is 4.26. The molecule has 0 saturated carbocycles. The van der Waals surface area contributed by atoms with Crippen molar-refractivity contribution >= 4 is 39.6 Å². The van der Waals surface area contributed by atoms with E-state index in [9.17, 15) is 18.4 Å². The van der Waals surface area contributed by atoms with Gasteiger partial charge in [0.2, 0.25) is 0 Å². The van der Waals surface area contributed by atoms with Gasteiger partial charge in [0, 0.05) is 16.1 Å². The third-order valence-corrected chi connectivity index (χ3v) is 3.55. The highest BCUT2D eigenvalue weighted by molar-refractivity contribution is 9.10. The number of amides is 1. The molecule has 2 aromatic rings. The second-order valence-corrected chi connectivity index (χ2v) is 5.55. The fourth-order valence-electron chi connectivity index (χ4n) is 1.89. The molecule has 0 aliphatic rings. The van der Waals surface area contributed by atoms with Crippen molar-refractivity contribution in [3.05, 3.63) is 69.7 Å². The van der Waals surface area contributed by atoms with Gasteiger partial charge in [-0.05, 0) is 30.3 Å². The summed E-state index contributed by atoms with van der Waals surface area (Å²) in [5, 5.41) is 2.32. The van der Waals surface area contributed by atoms with E-state index < -0.39 is 23.5 Å². The van der Waals surface area contributed by atoms with Crippen molar-refractivity contribution in [2.45, 2.75) is 0 Å². The molecule has 0 atom stereocenters. The van der Waals surface area contributed by atoms with Gasteiger partial charge in [-0.15, -0.1) is 0 Å². The summed E-state index contributed by atoms with van der Waals surface area (Å²) in [7, 11) is 1.21. The molecule has 0 radical (unpaired) electrons. The molecule has 0 aromatic heterocycles. The van der Waals surface area contributed by atoms with Crippen LogP contribution in [0.5, 0.6) is 0 Å². The van der Waals surface area contributed by atoms with Crippen LogP contribution in [-0.4, -0.2) is 19.0 Å². The zero-order chi connectivity index (χ0) is 17.7. The molecule has 1 amide bonds. The minimum atomic E-state index is -0.808. The number of anilines is 1. The molecule has 0 aliphatic heterocycles. The summed E-state index contributed by atoms with van der Waals surface area (Å²) in [4.78, 5) is 23.4. The van der Waals surface area contributed by atoms with Crippen molar-refractivity contribution in [3.8, 4) is 0 Å². The first-order valence-corrected chi connectivity index (χ1v) is 7.52. The van der Waals surface area contributed by atoms with Gasteiger partial charge in [0.1, 0.15) is 11.6 Å². The largest absolute Gasteiger partial charge is 0.466 e. The molecule has 0 heterocycles. The maximum Gasteiger partial charge on any atom is 0.330 e. The number of methoxy groups -OCH3 is 1. The molecule has 4 nitrogen and oxygen atoms in total. The molecule has 0 aliphatic carbocycles. The van der Waals surface area contributed by atoms with Gasteiger partial charge in [-0.2, -0.15) is 0 Å². The molecule has 2 aromatic carbocycles. The highest BCUT2D eigenvalue weighted by Gasteiger charge is 2.16. The molecule has 0 bridgehead atoms. The summed E-state index contributed by atoms with van der Waals surface area (Å²) < 4.78 is 32.8. The quantitative estimate of drug-likeness (QED) is 0.624. The first-order valence-electron chi connectivity index (χ1n) is 6.73. The van der Waals surface area contributed by atoms with E-state index >= 15 is 0 Å². The number of carbonyl (C=O) groups is 2. The second-order valence-electron chi connectivity index (χ2n) is 4.64. The lowest BCUT2D eigenvalue weighted by molar-refractivity contribution is -0.134. The van der Waals surface area contributed by atoms with Gasteiger partial charge in [0.05, 0.1) is 18.4 Å². The second kappa shape index (κ2) is 7.83. The number of esters is 1. The van der Waals surface area contributed by atoms with Crippen molar-refractivity contribution in [1.29, 1.82) is 0 Å². The van der Waals surface area contributed by atoms with Crippen LogP contribution in [0.4, 0.5) is 14.5 Å². The van der Waals surface area contributed by atoms with Crippen LogP contribution in [0.25, 0.3) is 6.08 Å². The van der Waals surface area contributed by atoms with Crippen molar-refractivity contribution in [2.75, 3.05) is 12.4 Å². The van der Waals surface area contributed by atoms with Crippen LogP contribution in [0.2, 0.25) is 0 Å². The molecule has 0 fully saturated rings. The molecular weight excluding hydrogens is 384 g/mol. The molecule has 7 heteroatoms. The lowest BCUT2D eigenvalue weighted by Gasteiger charge is -2.10. The molecule has 0 spiro atoms. The van der Waals surface area contributed by atoms with Gasteiger partial charge in [-0.1, -0.05) is 28.1 Å². The third-order valence-electron chi connectivity index (χ3n) is 3.06. The maximum absolute atomic E-state index is 14.0. The van der Waals surface area contributed by atoms with Crippen LogP contribution in [0.1, 0.15) is 15.9 Å². The van der Waals surface area contributed by atoms with E-state index in [4.69, 9.17) is 0 Å². The van der Waals surface area contributed by atoms with E-state index in [0.29, 0.717) is 4.47 Å². The van der Waals surface area contributed by atoms with Crippen LogP contribution in [0, 0.1) is 11.6 Å². The Kier molecular flexibility index (Phi) is 5.81. The number of rotatable bonds is 4. The number of halogens is 3. The number of para-hydroxylation sites is 1. The SMILES string of the molecule is COC(=O)C=Cc1cccc(F)c1NC(=O)c1ccc(Br)cc1F. The fraction of sp³-hybridized carbons (Fsp3) is 0.0588. The Bertz CT molecular complexity index is 821. The Balaban J connectivity index is 2.33. The lowest BCUT2D eigenvalue weighted by Crippen LogP contribution is -2.15. The van der Waals surface area contributed by atoms with Crippen molar-refractivity contribution in [3.63, 3.8) is 0 Å². The smallest absolute Gasteiger partial charge is 0.330 e.